The number of hydrogen-bond donors (Lipinski definition) is 1. The van der Waals surface area contributed by atoms with E-state index in [2.05, 4.69) is 10.1 Å². The molecular weight excluding hydrogens is 280 g/mol. The largest absolute Gasteiger partial charge is 0.507 e. The average molecular weight is 294 g/mol. The van der Waals surface area contributed by atoms with Gasteiger partial charge in [0.2, 0.25) is 0 Å². The summed E-state index contributed by atoms with van der Waals surface area (Å²) in [6.45, 7) is 1.97. The van der Waals surface area contributed by atoms with Crippen molar-refractivity contribution in [3.05, 3.63) is 29.6 Å². The number of nitrogens with zero attached hydrogens (tertiary/aromatic N) is 2. The van der Waals surface area contributed by atoms with Crippen LogP contribution in [0, 0.1) is 6.92 Å². The van der Waals surface area contributed by atoms with Crippen LogP contribution in [0.4, 0.5) is 0 Å². The van der Waals surface area contributed by atoms with Gasteiger partial charge in [-0.15, -0.1) is 11.8 Å². The molecule has 1 atom stereocenters. The van der Waals surface area contributed by atoms with Crippen molar-refractivity contribution in [2.75, 3.05) is 17.3 Å². The Morgan fingerprint density at radius 1 is 1.37 bits per heavy atom. The lowest BCUT2D eigenvalue weighted by atomic mass is 10.1. The second-order valence-corrected chi connectivity index (χ2v) is 6.87. The number of aromatic nitrogens is 2. The molecule has 1 N–H and O–H groups in total. The van der Waals surface area contributed by atoms with Crippen LogP contribution in [0.3, 0.4) is 0 Å². The van der Waals surface area contributed by atoms with Crippen LogP contribution in [0.2, 0.25) is 0 Å². The molecule has 3 rings (SSSR count). The highest BCUT2D eigenvalue weighted by molar-refractivity contribution is 8.06. The van der Waals surface area contributed by atoms with Gasteiger partial charge < -0.3 is 9.63 Å². The van der Waals surface area contributed by atoms with E-state index in [-0.39, 0.29) is 5.75 Å². The maximum absolute atomic E-state index is 9.87. The Labute approximate surface area is 120 Å². The number of phenols is 1. The van der Waals surface area contributed by atoms with Crippen molar-refractivity contribution in [1.29, 1.82) is 0 Å². The van der Waals surface area contributed by atoms with Crippen LogP contribution >= 0.6 is 23.5 Å². The highest BCUT2D eigenvalue weighted by atomic mass is 32.2. The Morgan fingerprint density at radius 3 is 3.05 bits per heavy atom. The SMILES string of the molecule is Cc1ccc(O)c(-c2nc(C3CSCCS3)no2)c1. The van der Waals surface area contributed by atoms with Gasteiger partial charge in [0.05, 0.1) is 10.8 Å². The van der Waals surface area contributed by atoms with Gasteiger partial charge in [0.1, 0.15) is 5.75 Å². The first-order valence-corrected chi connectivity index (χ1v) is 8.27. The molecule has 2 aromatic rings. The molecule has 1 aromatic heterocycles. The quantitative estimate of drug-likeness (QED) is 0.917. The normalized spacial score (nSPS) is 19.5. The third-order valence-electron chi connectivity index (χ3n) is 2.93. The van der Waals surface area contributed by atoms with Gasteiger partial charge in [-0.05, 0) is 19.1 Å². The Morgan fingerprint density at radius 2 is 2.26 bits per heavy atom. The van der Waals surface area contributed by atoms with Gasteiger partial charge in [-0.2, -0.15) is 16.7 Å². The molecule has 0 radical (unpaired) electrons. The first kappa shape index (κ1) is 12.9. The Bertz CT molecular complexity index is 580. The zero-order chi connectivity index (χ0) is 13.2. The molecule has 0 spiro atoms. The van der Waals surface area contributed by atoms with Crippen molar-refractivity contribution in [3.63, 3.8) is 0 Å². The van der Waals surface area contributed by atoms with Gasteiger partial charge in [-0.25, -0.2) is 0 Å². The molecule has 19 heavy (non-hydrogen) atoms. The maximum Gasteiger partial charge on any atom is 0.261 e. The van der Waals surface area contributed by atoms with Crippen molar-refractivity contribution >= 4 is 23.5 Å². The van der Waals surface area contributed by atoms with Crippen molar-refractivity contribution < 1.29 is 9.63 Å². The van der Waals surface area contributed by atoms with Crippen molar-refractivity contribution in [1.82, 2.24) is 10.1 Å². The van der Waals surface area contributed by atoms with Crippen LogP contribution in [0.15, 0.2) is 22.7 Å². The maximum atomic E-state index is 9.87. The van der Waals surface area contributed by atoms with Crippen molar-refractivity contribution in [3.8, 4) is 17.2 Å². The second kappa shape index (κ2) is 5.46. The third kappa shape index (κ3) is 2.74. The molecule has 1 fully saturated rings. The van der Waals surface area contributed by atoms with E-state index in [0.717, 1.165) is 22.9 Å². The Balaban J connectivity index is 1.89. The lowest BCUT2D eigenvalue weighted by molar-refractivity contribution is 0.418. The number of aryl methyl sites for hydroxylation is 1. The smallest absolute Gasteiger partial charge is 0.261 e. The number of phenolic OH excluding ortho intramolecular Hbond substituents is 1. The molecule has 2 heterocycles. The molecule has 1 aliphatic rings. The molecule has 1 aliphatic heterocycles. The summed E-state index contributed by atoms with van der Waals surface area (Å²) in [6.07, 6.45) is 0. The minimum Gasteiger partial charge on any atom is -0.507 e. The number of rotatable bonds is 2. The van der Waals surface area contributed by atoms with E-state index in [0.29, 0.717) is 16.7 Å². The molecule has 4 nitrogen and oxygen atoms in total. The molecule has 0 aliphatic carbocycles. The van der Waals surface area contributed by atoms with Crippen LogP contribution in [0.5, 0.6) is 5.75 Å². The lowest BCUT2D eigenvalue weighted by Gasteiger charge is -2.16. The number of thioether (sulfide) groups is 2. The zero-order valence-corrected chi connectivity index (χ0v) is 12.1. The van der Waals surface area contributed by atoms with Crippen LogP contribution in [0.1, 0.15) is 16.6 Å². The minimum absolute atomic E-state index is 0.173. The number of aromatic hydroxyl groups is 1. The molecule has 1 saturated heterocycles. The molecule has 1 unspecified atom stereocenters. The van der Waals surface area contributed by atoms with Gasteiger partial charge in [-0.3, -0.25) is 0 Å². The summed E-state index contributed by atoms with van der Waals surface area (Å²) in [7, 11) is 0. The fourth-order valence-corrected chi connectivity index (χ4v) is 4.52. The first-order chi connectivity index (χ1) is 9.24. The fourth-order valence-electron chi connectivity index (χ4n) is 1.93. The third-order valence-corrected chi connectivity index (χ3v) is 5.68. The Hall–Kier alpha value is -1.14. The molecule has 0 saturated carbocycles. The van der Waals surface area contributed by atoms with Gasteiger partial charge in [0.25, 0.3) is 5.89 Å². The standard InChI is InChI=1S/C13H14N2O2S2/c1-8-2-3-10(16)9(6-8)13-14-12(15-17-13)11-7-18-4-5-19-11/h2-3,6,11,16H,4-5,7H2,1H3. The minimum atomic E-state index is 0.173. The topological polar surface area (TPSA) is 59.2 Å². The number of hydrogen-bond acceptors (Lipinski definition) is 6. The monoisotopic (exact) mass is 294 g/mol. The van der Waals surface area contributed by atoms with Crippen molar-refractivity contribution in [2.24, 2.45) is 0 Å². The van der Waals surface area contributed by atoms with E-state index < -0.39 is 0 Å². The summed E-state index contributed by atoms with van der Waals surface area (Å²) in [6, 6.07) is 5.36. The van der Waals surface area contributed by atoms with Crippen LogP contribution in [-0.2, 0) is 0 Å². The van der Waals surface area contributed by atoms with Crippen LogP contribution in [0.25, 0.3) is 11.5 Å². The van der Waals surface area contributed by atoms with E-state index in [9.17, 15) is 5.11 Å². The highest BCUT2D eigenvalue weighted by Crippen LogP contribution is 2.37. The molecule has 0 amide bonds. The summed E-state index contributed by atoms with van der Waals surface area (Å²) in [5.41, 5.74) is 1.65. The lowest BCUT2D eigenvalue weighted by Crippen LogP contribution is -2.07. The first-order valence-electron chi connectivity index (χ1n) is 6.07. The Kier molecular flexibility index (Phi) is 3.70. The highest BCUT2D eigenvalue weighted by Gasteiger charge is 2.23. The van der Waals surface area contributed by atoms with Gasteiger partial charge >= 0.3 is 0 Å². The van der Waals surface area contributed by atoms with E-state index >= 15 is 0 Å². The zero-order valence-electron chi connectivity index (χ0n) is 10.5. The molecule has 100 valence electrons. The van der Waals surface area contributed by atoms with Gasteiger partial charge in [-0.1, -0.05) is 16.8 Å². The van der Waals surface area contributed by atoms with Crippen molar-refractivity contribution in [2.45, 2.75) is 12.2 Å². The van der Waals surface area contributed by atoms with E-state index in [1.165, 1.54) is 5.75 Å². The molecule has 1 aromatic carbocycles. The summed E-state index contributed by atoms with van der Waals surface area (Å²) >= 11 is 3.78. The molecule has 6 heteroatoms. The molecule has 0 bridgehead atoms. The number of benzene rings is 1. The van der Waals surface area contributed by atoms with Crippen LogP contribution < -0.4 is 0 Å². The summed E-state index contributed by atoms with van der Waals surface area (Å²) < 4.78 is 5.30. The second-order valence-electron chi connectivity index (χ2n) is 4.41. The average Bonchev–Trinajstić information content (AvgIpc) is 2.92. The van der Waals surface area contributed by atoms with E-state index in [4.69, 9.17) is 4.52 Å². The van der Waals surface area contributed by atoms with Gasteiger partial charge in [0, 0.05) is 17.3 Å². The molecular formula is C13H14N2O2S2. The van der Waals surface area contributed by atoms with E-state index in [1.54, 1.807) is 6.07 Å². The van der Waals surface area contributed by atoms with E-state index in [1.807, 2.05) is 42.6 Å². The summed E-state index contributed by atoms with van der Waals surface area (Å²) in [5, 5.41) is 14.2. The summed E-state index contributed by atoms with van der Waals surface area (Å²) in [4.78, 5) is 4.43. The summed E-state index contributed by atoms with van der Waals surface area (Å²) in [5.74, 6) is 4.62. The predicted molar refractivity (Wildman–Crippen MR) is 78.7 cm³/mol. The fraction of sp³-hybridized carbons (Fsp3) is 0.385. The van der Waals surface area contributed by atoms with Gasteiger partial charge in [0.15, 0.2) is 5.82 Å². The predicted octanol–water partition coefficient (Wildman–Crippen LogP) is 3.27. The van der Waals surface area contributed by atoms with Crippen LogP contribution in [-0.4, -0.2) is 32.5 Å².